The molecule has 0 spiro atoms. The van der Waals surface area contributed by atoms with E-state index in [9.17, 15) is 13.2 Å². The van der Waals surface area contributed by atoms with Crippen LogP contribution in [0, 0.1) is 5.82 Å². The van der Waals surface area contributed by atoms with Gasteiger partial charge >= 0.3 is 6.09 Å². The van der Waals surface area contributed by atoms with Gasteiger partial charge < -0.3 is 15.4 Å². The molecule has 0 bridgehead atoms. The van der Waals surface area contributed by atoms with E-state index in [1.807, 2.05) is 20.8 Å². The van der Waals surface area contributed by atoms with E-state index in [0.717, 1.165) is 5.01 Å². The Labute approximate surface area is 238 Å². The SMILES string of the molecule is CCC(C)S(=O)(=O)Nc1cccc(-c2nc(C3CCN(C(=O)OC(C)(C)C)CC3)sc2-c2ccnc(N)n2)c1F. The summed E-state index contributed by atoms with van der Waals surface area (Å²) in [7, 11) is -3.78. The fourth-order valence-electron chi connectivity index (χ4n) is 4.27. The second-order valence-corrected chi connectivity index (χ2v) is 13.9. The number of anilines is 2. The topological polar surface area (TPSA) is 140 Å². The van der Waals surface area contributed by atoms with Gasteiger partial charge in [0.15, 0.2) is 5.82 Å². The maximum absolute atomic E-state index is 15.9. The van der Waals surface area contributed by atoms with Crippen LogP contribution in [0.5, 0.6) is 0 Å². The van der Waals surface area contributed by atoms with Gasteiger partial charge in [-0.1, -0.05) is 13.0 Å². The summed E-state index contributed by atoms with van der Waals surface area (Å²) in [6.45, 7) is 9.84. The van der Waals surface area contributed by atoms with Crippen molar-refractivity contribution >= 4 is 39.1 Å². The first-order chi connectivity index (χ1) is 18.8. The maximum Gasteiger partial charge on any atom is 0.410 e. The molecule has 0 aliphatic carbocycles. The number of hydrogen-bond acceptors (Lipinski definition) is 9. The molecule has 2 aromatic heterocycles. The van der Waals surface area contributed by atoms with Crippen LogP contribution in [0.4, 0.5) is 20.8 Å². The van der Waals surface area contributed by atoms with Crippen molar-refractivity contribution < 1.29 is 22.3 Å². The highest BCUT2D eigenvalue weighted by molar-refractivity contribution is 7.93. The Morgan fingerprint density at radius 3 is 2.58 bits per heavy atom. The molecule has 1 fully saturated rings. The number of thiazole rings is 1. The third-order valence-electron chi connectivity index (χ3n) is 6.66. The summed E-state index contributed by atoms with van der Waals surface area (Å²) < 4.78 is 49.1. The molecule has 13 heteroatoms. The van der Waals surface area contributed by atoms with E-state index < -0.39 is 26.7 Å². The zero-order valence-electron chi connectivity index (χ0n) is 23.3. The fraction of sp³-hybridized carbons (Fsp3) is 0.481. The van der Waals surface area contributed by atoms with Crippen molar-refractivity contribution in [3.8, 4) is 21.8 Å². The molecule has 1 aliphatic heterocycles. The zero-order chi connectivity index (χ0) is 29.2. The van der Waals surface area contributed by atoms with Crippen LogP contribution >= 0.6 is 11.3 Å². The predicted molar refractivity (Wildman–Crippen MR) is 155 cm³/mol. The molecule has 3 aromatic rings. The first-order valence-electron chi connectivity index (χ1n) is 13.2. The third-order valence-corrected chi connectivity index (χ3v) is 9.79. The van der Waals surface area contributed by atoms with E-state index in [-0.39, 0.29) is 29.2 Å². The second-order valence-electron chi connectivity index (χ2n) is 10.8. The van der Waals surface area contributed by atoms with E-state index in [4.69, 9.17) is 15.5 Å². The summed E-state index contributed by atoms with van der Waals surface area (Å²) in [6, 6.07) is 6.22. The van der Waals surface area contributed by atoms with Gasteiger partial charge in [-0.05, 0) is 65.2 Å². The van der Waals surface area contributed by atoms with Gasteiger partial charge in [0.05, 0.1) is 32.2 Å². The van der Waals surface area contributed by atoms with E-state index in [0.29, 0.717) is 48.6 Å². The number of nitrogens with zero attached hydrogens (tertiary/aromatic N) is 4. The summed E-state index contributed by atoms with van der Waals surface area (Å²) in [5, 5.41) is 0.0866. The van der Waals surface area contributed by atoms with Gasteiger partial charge in [-0.2, -0.15) is 0 Å². The van der Waals surface area contributed by atoms with Crippen LogP contribution in [0.3, 0.4) is 0 Å². The smallest absolute Gasteiger partial charge is 0.410 e. The van der Waals surface area contributed by atoms with Crippen LogP contribution in [0.2, 0.25) is 0 Å². The number of nitrogens with one attached hydrogen (secondary N) is 1. The third kappa shape index (κ3) is 6.69. The van der Waals surface area contributed by atoms with Gasteiger partial charge in [-0.3, -0.25) is 4.72 Å². The molecular weight excluding hydrogens is 555 g/mol. The molecular formula is C27H35FN6O4S2. The van der Waals surface area contributed by atoms with Crippen molar-refractivity contribution in [2.24, 2.45) is 0 Å². The Morgan fingerprint density at radius 1 is 1.25 bits per heavy atom. The second kappa shape index (κ2) is 11.7. The number of ether oxygens (including phenoxy) is 1. The van der Waals surface area contributed by atoms with Crippen LogP contribution in [-0.2, 0) is 14.8 Å². The summed E-state index contributed by atoms with van der Waals surface area (Å²) in [5.41, 5.74) is 6.10. The number of nitrogens with two attached hydrogens (primary N) is 1. The molecule has 0 saturated carbocycles. The number of piperidine rings is 1. The van der Waals surface area contributed by atoms with Gasteiger partial charge in [0, 0.05) is 30.8 Å². The minimum absolute atomic E-state index is 0.0329. The molecule has 0 radical (unpaired) electrons. The average molecular weight is 591 g/mol. The molecule has 3 N–H and O–H groups in total. The number of rotatable bonds is 7. The molecule has 40 heavy (non-hydrogen) atoms. The lowest BCUT2D eigenvalue weighted by atomic mass is 9.97. The molecule has 1 amide bonds. The van der Waals surface area contributed by atoms with Crippen LogP contribution in [0.25, 0.3) is 21.8 Å². The van der Waals surface area contributed by atoms with Gasteiger partial charge in [0.2, 0.25) is 16.0 Å². The number of hydrogen-bond donors (Lipinski definition) is 2. The Balaban J connectivity index is 1.69. The van der Waals surface area contributed by atoms with Gasteiger partial charge in [0.1, 0.15) is 5.60 Å². The highest BCUT2D eigenvalue weighted by atomic mass is 32.2. The number of carbonyl (C=O) groups excluding carboxylic acids is 1. The zero-order valence-corrected chi connectivity index (χ0v) is 24.9. The standard InChI is InChI=1S/C27H35FN6O4S2/c1-6-16(2)40(36,37)33-19-9-7-8-18(21(19)28)22-23(20-10-13-30-25(29)31-20)39-24(32-22)17-11-14-34(15-12-17)26(35)38-27(3,4)5/h7-10,13,16-17,33H,6,11-12,14-15H2,1-5H3,(H2,29,30,31). The van der Waals surface area contributed by atoms with E-state index in [2.05, 4.69) is 14.7 Å². The van der Waals surface area contributed by atoms with Crippen LogP contribution < -0.4 is 10.5 Å². The minimum atomic E-state index is -3.78. The highest BCUT2D eigenvalue weighted by Crippen LogP contribution is 2.42. The maximum atomic E-state index is 15.9. The summed E-state index contributed by atoms with van der Waals surface area (Å²) in [4.78, 5) is 28.0. The molecule has 10 nitrogen and oxygen atoms in total. The molecule has 1 aliphatic rings. The lowest BCUT2D eigenvalue weighted by molar-refractivity contribution is 0.0204. The molecule has 216 valence electrons. The van der Waals surface area contributed by atoms with Crippen molar-refractivity contribution in [3.63, 3.8) is 0 Å². The number of sulfonamides is 1. The number of benzene rings is 1. The van der Waals surface area contributed by atoms with E-state index in [1.54, 1.807) is 36.9 Å². The van der Waals surface area contributed by atoms with Crippen LogP contribution in [-0.4, -0.2) is 58.3 Å². The lowest BCUT2D eigenvalue weighted by Gasteiger charge is -2.32. The number of carbonyl (C=O) groups is 1. The lowest BCUT2D eigenvalue weighted by Crippen LogP contribution is -2.41. The van der Waals surface area contributed by atoms with Crippen molar-refractivity contribution in [2.45, 2.75) is 70.7 Å². The largest absolute Gasteiger partial charge is 0.444 e. The highest BCUT2D eigenvalue weighted by Gasteiger charge is 2.31. The van der Waals surface area contributed by atoms with Crippen molar-refractivity contribution in [1.82, 2.24) is 19.9 Å². The van der Waals surface area contributed by atoms with Crippen molar-refractivity contribution in [3.05, 3.63) is 41.3 Å². The van der Waals surface area contributed by atoms with Gasteiger partial charge in [-0.15, -0.1) is 11.3 Å². The van der Waals surface area contributed by atoms with Crippen molar-refractivity contribution in [2.75, 3.05) is 23.5 Å². The molecule has 4 rings (SSSR count). The molecule has 1 unspecified atom stereocenters. The molecule has 3 heterocycles. The number of halogens is 1. The Kier molecular flexibility index (Phi) is 8.64. The van der Waals surface area contributed by atoms with Gasteiger partial charge in [-0.25, -0.2) is 32.6 Å². The quantitative estimate of drug-likeness (QED) is 0.360. The number of amides is 1. The molecule has 1 saturated heterocycles. The normalized spacial score (nSPS) is 15.6. The monoisotopic (exact) mass is 590 g/mol. The predicted octanol–water partition coefficient (Wildman–Crippen LogP) is 5.64. The molecule has 1 aromatic carbocycles. The number of likely N-dealkylation sites (tertiary alicyclic amines) is 1. The summed E-state index contributed by atoms with van der Waals surface area (Å²) in [6.07, 6.45) is 2.89. The molecule has 1 atom stereocenters. The Hall–Kier alpha value is -3.32. The summed E-state index contributed by atoms with van der Waals surface area (Å²) >= 11 is 1.38. The minimum Gasteiger partial charge on any atom is -0.444 e. The summed E-state index contributed by atoms with van der Waals surface area (Å²) in [5.74, 6) is -0.626. The van der Waals surface area contributed by atoms with Crippen molar-refractivity contribution in [1.29, 1.82) is 0 Å². The van der Waals surface area contributed by atoms with Crippen LogP contribution in [0.15, 0.2) is 30.5 Å². The fourth-order valence-corrected chi connectivity index (χ4v) is 6.59. The average Bonchev–Trinajstić information content (AvgIpc) is 3.33. The number of nitrogen functional groups attached to an aromatic ring is 1. The van der Waals surface area contributed by atoms with Crippen LogP contribution in [0.1, 0.15) is 64.8 Å². The first-order valence-corrected chi connectivity index (χ1v) is 15.5. The first kappa shape index (κ1) is 29.7. The van der Waals surface area contributed by atoms with E-state index in [1.165, 1.54) is 23.6 Å². The van der Waals surface area contributed by atoms with Gasteiger partial charge in [0.25, 0.3) is 0 Å². The van der Waals surface area contributed by atoms with E-state index >= 15 is 4.39 Å². The Morgan fingerprint density at radius 2 is 1.95 bits per heavy atom. The number of aromatic nitrogens is 3. The Bertz CT molecular complexity index is 1480.